The third-order valence-corrected chi connectivity index (χ3v) is 7.71. The Morgan fingerprint density at radius 1 is 1.12 bits per heavy atom. The number of benzene rings is 2. The van der Waals surface area contributed by atoms with E-state index >= 15 is 0 Å². The third-order valence-electron chi connectivity index (χ3n) is 6.56. The molecule has 0 unspecified atom stereocenters. The minimum atomic E-state index is -4.23. The molecule has 0 radical (unpaired) electrons. The van der Waals surface area contributed by atoms with Crippen LogP contribution in [0, 0.1) is 5.92 Å². The zero-order chi connectivity index (χ0) is 24.1. The van der Waals surface area contributed by atoms with Crippen LogP contribution in [0.4, 0.5) is 18.9 Å². The van der Waals surface area contributed by atoms with E-state index in [1.54, 1.807) is 0 Å². The standard InChI is InChI=1S/C26H32F3NO3S/c1-2-18-3-7-24-20(13-18)4-5-22(15-26(27,28)29)30(24)34-23-6-8-25(21(14-23)16-31)33-17-19-9-11-32-12-10-19/h3,6-8,13-14,19,22,31H,2,4-5,9-12,15-17H2,1H3/t22-/m0/s1. The molecule has 2 aliphatic heterocycles. The molecule has 0 aliphatic carbocycles. The van der Waals surface area contributed by atoms with Crippen molar-refractivity contribution in [2.45, 2.75) is 69.2 Å². The predicted octanol–water partition coefficient (Wildman–Crippen LogP) is 6.33. The Morgan fingerprint density at radius 2 is 1.91 bits per heavy atom. The highest BCUT2D eigenvalue weighted by molar-refractivity contribution is 8.00. The Bertz CT molecular complexity index is 963. The zero-order valence-electron chi connectivity index (χ0n) is 19.4. The molecule has 0 aromatic heterocycles. The number of rotatable bonds is 8. The molecule has 0 spiro atoms. The van der Waals surface area contributed by atoms with Gasteiger partial charge in [-0.05, 0) is 85.4 Å². The van der Waals surface area contributed by atoms with Gasteiger partial charge in [0, 0.05) is 29.7 Å². The summed E-state index contributed by atoms with van der Waals surface area (Å²) in [6.45, 7) is 3.93. The van der Waals surface area contributed by atoms with Crippen LogP contribution >= 0.6 is 11.9 Å². The molecule has 1 saturated heterocycles. The van der Waals surface area contributed by atoms with E-state index in [1.807, 2.05) is 34.6 Å². The van der Waals surface area contributed by atoms with E-state index in [4.69, 9.17) is 9.47 Å². The number of aliphatic hydroxyl groups excluding tert-OH is 1. The van der Waals surface area contributed by atoms with Crippen molar-refractivity contribution in [3.63, 3.8) is 0 Å². The monoisotopic (exact) mass is 495 g/mol. The molecular weight excluding hydrogens is 463 g/mol. The largest absolute Gasteiger partial charge is 0.493 e. The lowest BCUT2D eigenvalue weighted by molar-refractivity contribution is -0.138. The average molecular weight is 496 g/mol. The molecule has 4 rings (SSSR count). The van der Waals surface area contributed by atoms with E-state index in [9.17, 15) is 18.3 Å². The van der Waals surface area contributed by atoms with Crippen LogP contribution in [0.5, 0.6) is 5.75 Å². The first-order valence-electron chi connectivity index (χ1n) is 12.0. The number of ether oxygens (including phenoxy) is 2. The Hall–Kier alpha value is -1.90. The zero-order valence-corrected chi connectivity index (χ0v) is 20.3. The number of anilines is 1. The van der Waals surface area contributed by atoms with Gasteiger partial charge in [-0.15, -0.1) is 0 Å². The molecule has 34 heavy (non-hydrogen) atoms. The molecule has 2 aliphatic rings. The molecule has 4 nitrogen and oxygen atoms in total. The van der Waals surface area contributed by atoms with Crippen LogP contribution in [0.15, 0.2) is 41.3 Å². The normalized spacial score (nSPS) is 19.2. The van der Waals surface area contributed by atoms with Crippen LogP contribution in [0.25, 0.3) is 0 Å². The Kier molecular flexibility index (Phi) is 8.32. The molecule has 2 heterocycles. The van der Waals surface area contributed by atoms with Crippen molar-refractivity contribution in [3.05, 3.63) is 53.1 Å². The predicted molar refractivity (Wildman–Crippen MR) is 128 cm³/mol. The summed E-state index contributed by atoms with van der Waals surface area (Å²) in [6, 6.07) is 10.9. The smallest absolute Gasteiger partial charge is 0.391 e. The maximum Gasteiger partial charge on any atom is 0.391 e. The molecule has 0 saturated carbocycles. The van der Waals surface area contributed by atoms with Crippen molar-refractivity contribution in [1.82, 2.24) is 0 Å². The van der Waals surface area contributed by atoms with Gasteiger partial charge in [0.05, 0.1) is 25.3 Å². The van der Waals surface area contributed by atoms with Gasteiger partial charge in [0.15, 0.2) is 0 Å². The maximum atomic E-state index is 13.4. The molecule has 1 N–H and O–H groups in total. The van der Waals surface area contributed by atoms with E-state index in [2.05, 4.69) is 13.0 Å². The molecule has 1 fully saturated rings. The number of halogens is 3. The lowest BCUT2D eigenvalue weighted by Gasteiger charge is -2.38. The van der Waals surface area contributed by atoms with Gasteiger partial charge in [0.2, 0.25) is 0 Å². The van der Waals surface area contributed by atoms with E-state index in [1.165, 1.54) is 17.5 Å². The second-order valence-electron chi connectivity index (χ2n) is 9.04. The van der Waals surface area contributed by atoms with Crippen molar-refractivity contribution >= 4 is 17.6 Å². The van der Waals surface area contributed by atoms with Crippen molar-refractivity contribution in [2.75, 3.05) is 24.1 Å². The first-order chi connectivity index (χ1) is 16.4. The topological polar surface area (TPSA) is 41.9 Å². The van der Waals surface area contributed by atoms with Crippen LogP contribution in [-0.4, -0.2) is 37.1 Å². The van der Waals surface area contributed by atoms with E-state index in [0.717, 1.165) is 48.6 Å². The molecule has 1 atom stereocenters. The first-order valence-corrected chi connectivity index (χ1v) is 12.7. The summed E-state index contributed by atoms with van der Waals surface area (Å²) in [5, 5.41) is 9.93. The summed E-state index contributed by atoms with van der Waals surface area (Å²) in [5.74, 6) is 1.05. The van der Waals surface area contributed by atoms with Gasteiger partial charge in [-0.2, -0.15) is 13.2 Å². The Balaban J connectivity index is 1.54. The fourth-order valence-electron chi connectivity index (χ4n) is 4.60. The maximum absolute atomic E-state index is 13.4. The second kappa shape index (κ2) is 11.2. The van der Waals surface area contributed by atoms with Crippen LogP contribution < -0.4 is 9.04 Å². The van der Waals surface area contributed by atoms with Crippen molar-refractivity contribution < 1.29 is 27.8 Å². The summed E-state index contributed by atoms with van der Waals surface area (Å²) in [6.07, 6.45) is -1.19. The van der Waals surface area contributed by atoms with Gasteiger partial charge >= 0.3 is 6.18 Å². The molecule has 0 bridgehead atoms. The highest BCUT2D eigenvalue weighted by atomic mass is 32.2. The molecule has 0 amide bonds. The number of aliphatic hydroxyl groups is 1. The van der Waals surface area contributed by atoms with Gasteiger partial charge in [0.1, 0.15) is 5.75 Å². The highest BCUT2D eigenvalue weighted by Crippen LogP contribution is 2.43. The van der Waals surface area contributed by atoms with Gasteiger partial charge in [-0.1, -0.05) is 19.1 Å². The molecule has 2 aromatic rings. The number of aryl methyl sites for hydroxylation is 2. The van der Waals surface area contributed by atoms with Crippen LogP contribution in [0.2, 0.25) is 0 Å². The number of hydrogen-bond donors (Lipinski definition) is 1. The minimum absolute atomic E-state index is 0.195. The lowest BCUT2D eigenvalue weighted by Crippen LogP contribution is -2.37. The summed E-state index contributed by atoms with van der Waals surface area (Å²) in [4.78, 5) is 0.780. The van der Waals surface area contributed by atoms with Gasteiger partial charge < -0.3 is 18.9 Å². The highest BCUT2D eigenvalue weighted by Gasteiger charge is 2.37. The van der Waals surface area contributed by atoms with Crippen molar-refractivity contribution in [3.8, 4) is 5.75 Å². The Labute approximate surface area is 203 Å². The number of alkyl halides is 3. The van der Waals surface area contributed by atoms with Crippen LogP contribution in [0.3, 0.4) is 0 Å². The quantitative estimate of drug-likeness (QED) is 0.434. The molecule has 186 valence electrons. The lowest BCUT2D eigenvalue weighted by atomic mass is 9.94. The molecule has 2 aromatic carbocycles. The Morgan fingerprint density at radius 3 is 2.62 bits per heavy atom. The first kappa shape index (κ1) is 25.2. The fraction of sp³-hybridized carbons (Fsp3) is 0.538. The molecule has 8 heteroatoms. The van der Waals surface area contributed by atoms with Gasteiger partial charge in [0.25, 0.3) is 0 Å². The number of hydrogen-bond acceptors (Lipinski definition) is 5. The van der Waals surface area contributed by atoms with Crippen LogP contribution in [0.1, 0.15) is 49.3 Å². The van der Waals surface area contributed by atoms with Crippen LogP contribution in [-0.2, 0) is 24.2 Å². The summed E-state index contributed by atoms with van der Waals surface area (Å²) >= 11 is 1.30. The number of fused-ring (bicyclic) bond motifs is 1. The fourth-order valence-corrected chi connectivity index (χ4v) is 5.75. The number of nitrogens with zero attached hydrogens (tertiary/aromatic N) is 1. The van der Waals surface area contributed by atoms with Crippen molar-refractivity contribution in [2.24, 2.45) is 5.92 Å². The second-order valence-corrected chi connectivity index (χ2v) is 10.1. The third kappa shape index (κ3) is 6.40. The SMILES string of the molecule is CCc1ccc2c(c1)CC[C@@H](CC(F)(F)F)N2Sc1ccc(OCC2CCOCC2)c(CO)c1. The molecular formula is C26H32F3NO3S. The van der Waals surface area contributed by atoms with E-state index in [0.29, 0.717) is 36.7 Å². The summed E-state index contributed by atoms with van der Waals surface area (Å²) in [7, 11) is 0. The summed E-state index contributed by atoms with van der Waals surface area (Å²) in [5.41, 5.74) is 3.76. The van der Waals surface area contributed by atoms with Crippen molar-refractivity contribution in [1.29, 1.82) is 0 Å². The van der Waals surface area contributed by atoms with E-state index < -0.39 is 18.6 Å². The van der Waals surface area contributed by atoms with Gasteiger partial charge in [-0.3, -0.25) is 0 Å². The minimum Gasteiger partial charge on any atom is -0.493 e. The van der Waals surface area contributed by atoms with E-state index in [-0.39, 0.29) is 6.61 Å². The van der Waals surface area contributed by atoms with Gasteiger partial charge in [-0.25, -0.2) is 0 Å². The average Bonchev–Trinajstić information content (AvgIpc) is 2.84. The summed E-state index contributed by atoms with van der Waals surface area (Å²) < 4.78 is 53.3.